The largest absolute Gasteiger partial charge is 0.479 e. The van der Waals surface area contributed by atoms with Crippen LogP contribution in [0.15, 0.2) is 24.3 Å². The fourth-order valence-electron chi connectivity index (χ4n) is 1.37. The van der Waals surface area contributed by atoms with Gasteiger partial charge in [0.25, 0.3) is 0 Å². The van der Waals surface area contributed by atoms with Crippen molar-refractivity contribution < 1.29 is 19.8 Å². The minimum absolute atomic E-state index is 0.0172. The van der Waals surface area contributed by atoms with E-state index in [1.54, 1.807) is 24.3 Å². The van der Waals surface area contributed by atoms with Gasteiger partial charge in [0.2, 0.25) is 5.91 Å². The molecule has 0 aliphatic rings. The van der Waals surface area contributed by atoms with Crippen molar-refractivity contribution in [1.29, 1.82) is 0 Å². The molecule has 0 fully saturated rings. The maximum Gasteiger partial charge on any atom is 0.332 e. The van der Waals surface area contributed by atoms with Crippen molar-refractivity contribution in [3.05, 3.63) is 34.9 Å². The number of carboxylic acid groups (broad SMARTS) is 1. The predicted molar refractivity (Wildman–Crippen MR) is 66.4 cm³/mol. The maximum atomic E-state index is 11.5. The molecule has 0 aliphatic heterocycles. The molecular formula is C12H14ClNO4. The number of carbonyl (C=O) groups excluding carboxylic acids is 1. The number of nitrogens with one attached hydrogen (secondary N) is 1. The molecule has 18 heavy (non-hydrogen) atoms. The second-order valence-electron chi connectivity index (χ2n) is 3.80. The summed E-state index contributed by atoms with van der Waals surface area (Å²) in [6.45, 7) is 0.118. The molecule has 0 heterocycles. The lowest BCUT2D eigenvalue weighted by atomic mass is 10.1. The predicted octanol–water partition coefficient (Wildman–Crippen LogP) is 0.834. The molecule has 1 aromatic carbocycles. The number of benzene rings is 1. The SMILES string of the molecule is O=C(Cc1cccc(Cl)c1)NCC[C@H](O)C(=O)O. The van der Waals surface area contributed by atoms with Crippen LogP contribution in [0.2, 0.25) is 5.02 Å². The van der Waals surface area contributed by atoms with E-state index in [0.29, 0.717) is 5.02 Å². The van der Waals surface area contributed by atoms with Crippen LogP contribution in [-0.4, -0.2) is 34.7 Å². The molecule has 0 aromatic heterocycles. The summed E-state index contributed by atoms with van der Waals surface area (Å²) in [7, 11) is 0. The third-order valence-electron chi connectivity index (χ3n) is 2.28. The highest BCUT2D eigenvalue weighted by Gasteiger charge is 2.12. The Labute approximate surface area is 109 Å². The smallest absolute Gasteiger partial charge is 0.332 e. The van der Waals surface area contributed by atoms with Crippen LogP contribution >= 0.6 is 11.6 Å². The van der Waals surface area contributed by atoms with Crippen molar-refractivity contribution in [2.75, 3.05) is 6.54 Å². The lowest BCUT2D eigenvalue weighted by molar-refractivity contribution is -0.147. The molecule has 0 radical (unpaired) electrons. The maximum absolute atomic E-state index is 11.5. The van der Waals surface area contributed by atoms with E-state index in [-0.39, 0.29) is 25.3 Å². The van der Waals surface area contributed by atoms with E-state index in [1.807, 2.05) is 0 Å². The zero-order valence-electron chi connectivity index (χ0n) is 9.60. The Balaban J connectivity index is 2.32. The molecule has 0 bridgehead atoms. The van der Waals surface area contributed by atoms with Gasteiger partial charge < -0.3 is 15.5 Å². The van der Waals surface area contributed by atoms with Crippen LogP contribution < -0.4 is 5.32 Å². The van der Waals surface area contributed by atoms with E-state index in [4.69, 9.17) is 21.8 Å². The third kappa shape index (κ3) is 5.16. The number of hydrogen-bond donors (Lipinski definition) is 3. The number of aliphatic hydroxyl groups excluding tert-OH is 1. The number of halogens is 1. The number of carbonyl (C=O) groups is 2. The highest BCUT2D eigenvalue weighted by molar-refractivity contribution is 6.30. The summed E-state index contributed by atoms with van der Waals surface area (Å²) >= 11 is 5.78. The highest BCUT2D eigenvalue weighted by Crippen LogP contribution is 2.10. The Morgan fingerprint density at radius 1 is 1.39 bits per heavy atom. The van der Waals surface area contributed by atoms with Crippen LogP contribution in [0, 0.1) is 0 Å². The molecule has 0 aliphatic carbocycles. The average molecular weight is 272 g/mol. The van der Waals surface area contributed by atoms with Crippen LogP contribution in [0.4, 0.5) is 0 Å². The first-order valence-corrected chi connectivity index (χ1v) is 5.79. The summed E-state index contributed by atoms with van der Waals surface area (Å²) in [4.78, 5) is 21.8. The van der Waals surface area contributed by atoms with Crippen molar-refractivity contribution >= 4 is 23.5 Å². The van der Waals surface area contributed by atoms with E-state index >= 15 is 0 Å². The number of aliphatic carboxylic acids is 1. The van der Waals surface area contributed by atoms with Gasteiger partial charge in [-0.15, -0.1) is 0 Å². The molecule has 0 unspecified atom stereocenters. The molecular weight excluding hydrogens is 258 g/mol. The summed E-state index contributed by atoms with van der Waals surface area (Å²) < 4.78 is 0. The molecule has 1 amide bonds. The molecule has 1 aromatic rings. The fraction of sp³-hybridized carbons (Fsp3) is 0.333. The van der Waals surface area contributed by atoms with Crippen LogP contribution in [0.3, 0.4) is 0 Å². The quantitative estimate of drug-likeness (QED) is 0.715. The number of aliphatic hydroxyl groups is 1. The van der Waals surface area contributed by atoms with Gasteiger partial charge in [-0.2, -0.15) is 0 Å². The molecule has 0 spiro atoms. The van der Waals surface area contributed by atoms with Crippen molar-refractivity contribution in [3.63, 3.8) is 0 Å². The van der Waals surface area contributed by atoms with Gasteiger partial charge in [-0.1, -0.05) is 23.7 Å². The molecule has 5 nitrogen and oxygen atoms in total. The minimum Gasteiger partial charge on any atom is -0.479 e. The molecule has 98 valence electrons. The van der Waals surface area contributed by atoms with Crippen molar-refractivity contribution in [2.24, 2.45) is 0 Å². The Morgan fingerprint density at radius 3 is 2.72 bits per heavy atom. The Hall–Kier alpha value is -1.59. The standard InChI is InChI=1S/C12H14ClNO4/c13-9-3-1-2-8(6-9)7-11(16)14-5-4-10(15)12(17)18/h1-3,6,10,15H,4-5,7H2,(H,14,16)(H,17,18)/t10-/m0/s1. The molecule has 0 saturated heterocycles. The van der Waals surface area contributed by atoms with Gasteiger partial charge in [0.15, 0.2) is 6.10 Å². The van der Waals surface area contributed by atoms with Crippen LogP contribution in [0.5, 0.6) is 0 Å². The Kier molecular flexibility index (Phi) is 5.61. The van der Waals surface area contributed by atoms with E-state index in [1.165, 1.54) is 0 Å². The summed E-state index contributed by atoms with van der Waals surface area (Å²) in [6.07, 6.45) is -1.29. The van der Waals surface area contributed by atoms with Crippen LogP contribution in [0.1, 0.15) is 12.0 Å². The lowest BCUT2D eigenvalue weighted by Gasteiger charge is -2.07. The number of rotatable bonds is 6. The first kappa shape index (κ1) is 14.5. The molecule has 3 N–H and O–H groups in total. The van der Waals surface area contributed by atoms with Gasteiger partial charge in [-0.05, 0) is 17.7 Å². The Morgan fingerprint density at radius 2 is 2.11 bits per heavy atom. The van der Waals surface area contributed by atoms with E-state index < -0.39 is 12.1 Å². The first-order valence-electron chi connectivity index (χ1n) is 5.41. The number of hydrogen-bond acceptors (Lipinski definition) is 3. The van der Waals surface area contributed by atoms with Gasteiger partial charge in [0, 0.05) is 18.0 Å². The minimum atomic E-state index is -1.45. The summed E-state index contributed by atoms with van der Waals surface area (Å²) in [5, 5.41) is 20.5. The van der Waals surface area contributed by atoms with Crippen molar-refractivity contribution in [1.82, 2.24) is 5.32 Å². The van der Waals surface area contributed by atoms with Crippen LogP contribution in [-0.2, 0) is 16.0 Å². The second kappa shape index (κ2) is 6.98. The van der Waals surface area contributed by atoms with E-state index in [9.17, 15) is 9.59 Å². The first-order chi connectivity index (χ1) is 8.49. The van der Waals surface area contributed by atoms with Gasteiger partial charge >= 0.3 is 5.97 Å². The van der Waals surface area contributed by atoms with E-state index in [0.717, 1.165) is 5.56 Å². The molecule has 0 saturated carbocycles. The van der Waals surface area contributed by atoms with Gasteiger partial charge in [-0.25, -0.2) is 4.79 Å². The number of carboxylic acids is 1. The topological polar surface area (TPSA) is 86.6 Å². The summed E-state index contributed by atoms with van der Waals surface area (Å²) in [5.74, 6) is -1.53. The Bertz CT molecular complexity index is 436. The lowest BCUT2D eigenvalue weighted by Crippen LogP contribution is -2.30. The summed E-state index contributed by atoms with van der Waals surface area (Å²) in [5.41, 5.74) is 0.777. The zero-order valence-corrected chi connectivity index (χ0v) is 10.4. The zero-order chi connectivity index (χ0) is 13.5. The van der Waals surface area contributed by atoms with Crippen molar-refractivity contribution in [3.8, 4) is 0 Å². The molecule has 1 atom stereocenters. The normalized spacial score (nSPS) is 11.9. The van der Waals surface area contributed by atoms with Crippen LogP contribution in [0.25, 0.3) is 0 Å². The average Bonchev–Trinajstić information content (AvgIpc) is 2.28. The third-order valence-corrected chi connectivity index (χ3v) is 2.51. The van der Waals surface area contributed by atoms with E-state index in [2.05, 4.69) is 5.32 Å². The second-order valence-corrected chi connectivity index (χ2v) is 4.24. The molecule has 6 heteroatoms. The monoisotopic (exact) mass is 271 g/mol. The van der Waals surface area contributed by atoms with Gasteiger partial charge in [0.1, 0.15) is 0 Å². The van der Waals surface area contributed by atoms with Crippen molar-refractivity contribution in [2.45, 2.75) is 18.9 Å². The fourth-order valence-corrected chi connectivity index (χ4v) is 1.58. The molecule has 1 rings (SSSR count). The van der Waals surface area contributed by atoms with Gasteiger partial charge in [0.05, 0.1) is 6.42 Å². The number of amides is 1. The van der Waals surface area contributed by atoms with Gasteiger partial charge in [-0.3, -0.25) is 4.79 Å². The summed E-state index contributed by atoms with van der Waals surface area (Å²) in [6, 6.07) is 6.93. The highest BCUT2D eigenvalue weighted by atomic mass is 35.5.